The molecule has 0 rings (SSSR count). The zero-order valence-electron chi connectivity index (χ0n) is 10.2. The van der Waals surface area contributed by atoms with E-state index < -0.39 is 24.1 Å². The minimum absolute atomic E-state index is 0.0930. The number of aliphatic hydroxyl groups excluding tert-OH is 1. The second kappa shape index (κ2) is 8.91. The molecule has 0 heterocycles. The molecule has 0 aliphatic rings. The fraction of sp³-hybridized carbons (Fsp3) is 0.800. The van der Waals surface area contributed by atoms with Crippen LogP contribution < -0.4 is 0 Å². The van der Waals surface area contributed by atoms with Crippen molar-refractivity contribution in [3.05, 3.63) is 0 Å². The van der Waals surface area contributed by atoms with E-state index in [-0.39, 0.29) is 20.0 Å². The van der Waals surface area contributed by atoms with Crippen molar-refractivity contribution in [1.29, 1.82) is 0 Å². The van der Waals surface area contributed by atoms with E-state index in [1.54, 1.807) is 13.8 Å². The van der Waals surface area contributed by atoms with Crippen molar-refractivity contribution in [2.75, 3.05) is 27.1 Å². The van der Waals surface area contributed by atoms with Crippen LogP contribution in [0.25, 0.3) is 0 Å². The summed E-state index contributed by atoms with van der Waals surface area (Å²) in [6.45, 7) is 3.14. The molecule has 7 heteroatoms. The molecule has 100 valence electrons. The van der Waals surface area contributed by atoms with Gasteiger partial charge in [0.05, 0.1) is 13.2 Å². The average Bonchev–Trinajstić information content (AvgIpc) is 2.30. The van der Waals surface area contributed by atoms with E-state index in [1.165, 1.54) is 7.11 Å². The van der Waals surface area contributed by atoms with Gasteiger partial charge in [-0.2, -0.15) is 0 Å². The van der Waals surface area contributed by atoms with E-state index in [0.717, 1.165) is 0 Å². The molecule has 0 aromatic rings. The van der Waals surface area contributed by atoms with Crippen LogP contribution in [0, 0.1) is 0 Å². The first-order valence-corrected chi connectivity index (χ1v) is 5.20. The molecular weight excluding hydrogens is 232 g/mol. The lowest BCUT2D eigenvalue weighted by Crippen LogP contribution is -2.44. The van der Waals surface area contributed by atoms with Crippen LogP contribution in [-0.4, -0.2) is 56.4 Å². The smallest absolute Gasteiger partial charge is 0.338 e. The van der Waals surface area contributed by atoms with Gasteiger partial charge in [-0.1, -0.05) is 0 Å². The minimum Gasteiger partial charge on any atom is -0.464 e. The van der Waals surface area contributed by atoms with Gasteiger partial charge in [-0.25, -0.2) is 9.59 Å². The first-order chi connectivity index (χ1) is 8.08. The van der Waals surface area contributed by atoms with Gasteiger partial charge in [0.2, 0.25) is 0 Å². The van der Waals surface area contributed by atoms with E-state index in [4.69, 9.17) is 4.74 Å². The predicted octanol–water partition coefficient (Wildman–Crippen LogP) is -0.537. The number of hydrogen-bond donors (Lipinski definition) is 1. The second-order valence-electron chi connectivity index (χ2n) is 2.94. The highest BCUT2D eigenvalue weighted by Gasteiger charge is 2.35. The Morgan fingerprint density at radius 1 is 1.12 bits per heavy atom. The second-order valence-corrected chi connectivity index (χ2v) is 2.94. The van der Waals surface area contributed by atoms with Crippen LogP contribution in [0.3, 0.4) is 0 Å². The number of carbonyl (C=O) groups is 2. The third kappa shape index (κ3) is 5.62. The lowest BCUT2D eigenvalue weighted by atomic mass is 10.2. The molecule has 0 bridgehead atoms. The average molecular weight is 250 g/mol. The Bertz CT molecular complexity index is 241. The molecule has 0 saturated heterocycles. The fourth-order valence-electron chi connectivity index (χ4n) is 1.01. The Balaban J connectivity index is 4.53. The summed E-state index contributed by atoms with van der Waals surface area (Å²) in [6, 6.07) is 0. The fourth-order valence-corrected chi connectivity index (χ4v) is 1.01. The number of methoxy groups -OCH3 is 1. The Labute approximate surface area is 99.6 Å². The summed E-state index contributed by atoms with van der Waals surface area (Å²) >= 11 is 0. The van der Waals surface area contributed by atoms with E-state index in [1.807, 2.05) is 0 Å². The van der Waals surface area contributed by atoms with Gasteiger partial charge in [0.15, 0.2) is 12.2 Å². The maximum atomic E-state index is 11.4. The molecular formula is C10H18O7. The molecule has 0 aromatic carbocycles. The molecule has 0 radical (unpaired) electrons. The summed E-state index contributed by atoms with van der Waals surface area (Å²) in [5, 5.41) is 9.58. The van der Waals surface area contributed by atoms with Gasteiger partial charge in [-0.3, -0.25) is 0 Å². The molecule has 0 aromatic heterocycles. The molecule has 0 fully saturated rings. The molecule has 0 aliphatic carbocycles. The van der Waals surface area contributed by atoms with Gasteiger partial charge < -0.3 is 24.1 Å². The third-order valence-electron chi connectivity index (χ3n) is 1.70. The summed E-state index contributed by atoms with van der Waals surface area (Å²) in [7, 11) is 1.35. The molecule has 2 atom stereocenters. The van der Waals surface area contributed by atoms with Crippen LogP contribution in [-0.2, 0) is 28.5 Å². The van der Waals surface area contributed by atoms with Crippen LogP contribution in [0.2, 0.25) is 0 Å². The van der Waals surface area contributed by atoms with Crippen molar-refractivity contribution in [1.82, 2.24) is 0 Å². The van der Waals surface area contributed by atoms with Gasteiger partial charge in [-0.15, -0.1) is 0 Å². The zero-order valence-corrected chi connectivity index (χ0v) is 10.2. The van der Waals surface area contributed by atoms with Gasteiger partial charge in [-0.05, 0) is 13.8 Å². The van der Waals surface area contributed by atoms with Crippen LogP contribution >= 0.6 is 0 Å². The Hall–Kier alpha value is -1.18. The topological polar surface area (TPSA) is 91.3 Å². The largest absolute Gasteiger partial charge is 0.464 e. The van der Waals surface area contributed by atoms with E-state index in [9.17, 15) is 14.7 Å². The Morgan fingerprint density at radius 2 is 1.65 bits per heavy atom. The van der Waals surface area contributed by atoms with Crippen molar-refractivity contribution in [2.45, 2.75) is 26.1 Å². The van der Waals surface area contributed by atoms with Gasteiger partial charge in [0.25, 0.3) is 0 Å². The monoisotopic (exact) mass is 250 g/mol. The molecule has 1 N–H and O–H groups in total. The van der Waals surface area contributed by atoms with Crippen molar-refractivity contribution < 1.29 is 33.6 Å². The quantitative estimate of drug-likeness (QED) is 0.457. The molecule has 0 saturated carbocycles. The van der Waals surface area contributed by atoms with Crippen molar-refractivity contribution in [3.8, 4) is 0 Å². The Morgan fingerprint density at radius 3 is 2.12 bits per heavy atom. The van der Waals surface area contributed by atoms with Crippen LogP contribution in [0.4, 0.5) is 0 Å². The van der Waals surface area contributed by atoms with Crippen LogP contribution in [0.15, 0.2) is 0 Å². The van der Waals surface area contributed by atoms with E-state index >= 15 is 0 Å². The molecule has 7 nitrogen and oxygen atoms in total. The summed E-state index contributed by atoms with van der Waals surface area (Å²) in [5.41, 5.74) is 0. The highest BCUT2D eigenvalue weighted by Crippen LogP contribution is 2.05. The zero-order chi connectivity index (χ0) is 13.3. The summed E-state index contributed by atoms with van der Waals surface area (Å²) < 4.78 is 18.7. The van der Waals surface area contributed by atoms with Gasteiger partial charge in [0.1, 0.15) is 6.79 Å². The number of hydrogen-bond acceptors (Lipinski definition) is 7. The van der Waals surface area contributed by atoms with Crippen molar-refractivity contribution in [3.63, 3.8) is 0 Å². The normalized spacial score (nSPS) is 13.9. The van der Waals surface area contributed by atoms with E-state index in [2.05, 4.69) is 14.2 Å². The number of esters is 2. The molecule has 17 heavy (non-hydrogen) atoms. The number of ether oxygens (including phenoxy) is 4. The van der Waals surface area contributed by atoms with Gasteiger partial charge in [0, 0.05) is 7.11 Å². The minimum atomic E-state index is -1.73. The first-order valence-electron chi connectivity index (χ1n) is 5.20. The molecule has 0 spiro atoms. The molecule has 0 aliphatic heterocycles. The standard InChI is InChI=1S/C10H18O7/c1-4-15-9(12)7(11)8(17-6-14-3)10(13)16-5-2/h7-8,11H,4-6H2,1-3H3/t7-,8-/m1/s1. The maximum Gasteiger partial charge on any atom is 0.338 e. The number of carbonyl (C=O) groups excluding carboxylic acids is 2. The highest BCUT2D eigenvalue weighted by atomic mass is 16.7. The SMILES string of the molecule is CCOC(=O)[C@H](O)[C@@H](OCOC)C(=O)OCC. The maximum absolute atomic E-state index is 11.4. The lowest BCUT2D eigenvalue weighted by molar-refractivity contribution is -0.186. The summed E-state index contributed by atoms with van der Waals surface area (Å²) in [5.74, 6) is -1.79. The molecule has 0 amide bonds. The summed E-state index contributed by atoms with van der Waals surface area (Å²) in [4.78, 5) is 22.7. The highest BCUT2D eigenvalue weighted by molar-refractivity contribution is 5.85. The lowest BCUT2D eigenvalue weighted by Gasteiger charge is -2.19. The number of rotatable bonds is 8. The molecule has 0 unspecified atom stereocenters. The van der Waals surface area contributed by atoms with E-state index in [0.29, 0.717) is 0 Å². The van der Waals surface area contributed by atoms with Crippen LogP contribution in [0.5, 0.6) is 0 Å². The van der Waals surface area contributed by atoms with Crippen LogP contribution in [0.1, 0.15) is 13.8 Å². The third-order valence-corrected chi connectivity index (χ3v) is 1.70. The summed E-state index contributed by atoms with van der Waals surface area (Å²) in [6.07, 6.45) is -3.18. The van der Waals surface area contributed by atoms with Gasteiger partial charge >= 0.3 is 11.9 Å². The Kier molecular flexibility index (Phi) is 8.29. The van der Waals surface area contributed by atoms with Crippen molar-refractivity contribution in [2.24, 2.45) is 0 Å². The van der Waals surface area contributed by atoms with Crippen molar-refractivity contribution >= 4 is 11.9 Å². The first kappa shape index (κ1) is 15.8. The number of aliphatic hydroxyl groups is 1. The predicted molar refractivity (Wildman–Crippen MR) is 56.0 cm³/mol.